The van der Waals surface area contributed by atoms with Crippen LogP contribution in [-0.2, 0) is 28.6 Å². The van der Waals surface area contributed by atoms with Crippen LogP contribution in [0.4, 0.5) is 0 Å². The molecule has 0 aliphatic carbocycles. The highest BCUT2D eigenvalue weighted by atomic mass is 16.6. The number of ether oxygens (including phenoxy) is 3. The summed E-state index contributed by atoms with van der Waals surface area (Å²) in [5.74, 6) is -0.927. The van der Waals surface area contributed by atoms with E-state index in [0.717, 1.165) is 161 Å². The first-order chi connectivity index (χ1) is 40.0. The third kappa shape index (κ3) is 65.7. The fraction of sp³-hybridized carbons (Fsp3) is 0.613. The zero-order valence-electron chi connectivity index (χ0n) is 52.2. The minimum absolute atomic E-state index is 0.0945. The van der Waals surface area contributed by atoms with E-state index in [1.807, 2.05) is 0 Å². The molecule has 1 unspecified atom stereocenters. The largest absolute Gasteiger partial charge is 0.462 e. The van der Waals surface area contributed by atoms with Crippen molar-refractivity contribution in [2.45, 2.75) is 284 Å². The molecule has 0 saturated heterocycles. The van der Waals surface area contributed by atoms with Gasteiger partial charge in [0, 0.05) is 19.3 Å². The molecule has 6 nitrogen and oxygen atoms in total. The van der Waals surface area contributed by atoms with Gasteiger partial charge in [-0.15, -0.1) is 0 Å². The third-order valence-electron chi connectivity index (χ3n) is 13.5. The van der Waals surface area contributed by atoms with Gasteiger partial charge in [-0.05, 0) is 141 Å². The smallest absolute Gasteiger partial charge is 0.306 e. The number of allylic oxidation sites excluding steroid dienone is 26. The second-order valence-electron chi connectivity index (χ2n) is 21.3. The molecular formula is C75H120O6. The molecule has 0 aromatic carbocycles. The van der Waals surface area contributed by atoms with E-state index >= 15 is 0 Å². The second-order valence-corrected chi connectivity index (χ2v) is 21.3. The minimum Gasteiger partial charge on any atom is -0.462 e. The Bertz CT molecular complexity index is 1810. The third-order valence-corrected chi connectivity index (χ3v) is 13.5. The van der Waals surface area contributed by atoms with Gasteiger partial charge in [0.25, 0.3) is 0 Å². The summed E-state index contributed by atoms with van der Waals surface area (Å²) < 4.78 is 16.9. The van der Waals surface area contributed by atoms with Crippen LogP contribution in [0.2, 0.25) is 0 Å². The molecule has 0 aliphatic heterocycles. The number of rotatable bonds is 58. The van der Waals surface area contributed by atoms with Crippen LogP contribution in [0, 0.1) is 0 Å². The zero-order chi connectivity index (χ0) is 58.5. The lowest BCUT2D eigenvalue weighted by Crippen LogP contribution is -2.30. The number of hydrogen-bond acceptors (Lipinski definition) is 6. The molecule has 0 N–H and O–H groups in total. The Kier molecular flexibility index (Phi) is 63.4. The lowest BCUT2D eigenvalue weighted by molar-refractivity contribution is -0.167. The average Bonchev–Trinajstić information content (AvgIpc) is 3.47. The SMILES string of the molecule is CC/C=C\C/C=C\C/C=C\C/C=C\C/C=C\C/C=C\C/C=C\C/C=C\C/C=C\CCCCCCCCCC(=O)OCC(COC(=O)CCCCCCC/C=C\CCCC)OC(=O)CCCCCCCCC/C=C\C/C=C\C/C=C\CC. The van der Waals surface area contributed by atoms with Crippen molar-refractivity contribution in [2.75, 3.05) is 13.2 Å². The molecule has 0 radical (unpaired) electrons. The van der Waals surface area contributed by atoms with Gasteiger partial charge in [-0.25, -0.2) is 0 Å². The van der Waals surface area contributed by atoms with E-state index in [9.17, 15) is 14.4 Å². The second kappa shape index (κ2) is 67.5. The lowest BCUT2D eigenvalue weighted by atomic mass is 10.1. The van der Waals surface area contributed by atoms with Gasteiger partial charge in [-0.3, -0.25) is 14.4 Å². The number of esters is 3. The fourth-order valence-corrected chi connectivity index (χ4v) is 8.61. The van der Waals surface area contributed by atoms with Crippen molar-refractivity contribution >= 4 is 17.9 Å². The van der Waals surface area contributed by atoms with Crippen LogP contribution < -0.4 is 0 Å². The van der Waals surface area contributed by atoms with E-state index < -0.39 is 6.10 Å². The van der Waals surface area contributed by atoms with Gasteiger partial charge in [-0.1, -0.05) is 275 Å². The average molecular weight is 1120 g/mol. The maximum Gasteiger partial charge on any atom is 0.306 e. The maximum atomic E-state index is 12.9. The van der Waals surface area contributed by atoms with Crippen LogP contribution in [0.25, 0.3) is 0 Å². The highest BCUT2D eigenvalue weighted by molar-refractivity contribution is 5.71. The van der Waals surface area contributed by atoms with Gasteiger partial charge in [0.05, 0.1) is 0 Å². The van der Waals surface area contributed by atoms with Crippen LogP contribution in [-0.4, -0.2) is 37.2 Å². The molecule has 0 fully saturated rings. The molecule has 0 spiro atoms. The van der Waals surface area contributed by atoms with Crippen LogP contribution in [0.1, 0.15) is 278 Å². The summed E-state index contributed by atoms with van der Waals surface area (Å²) in [6, 6.07) is 0. The van der Waals surface area contributed by atoms with Crippen molar-refractivity contribution in [3.8, 4) is 0 Å². The summed E-state index contributed by atoms with van der Waals surface area (Å²) in [6.45, 7) is 6.35. The van der Waals surface area contributed by atoms with Gasteiger partial charge in [-0.2, -0.15) is 0 Å². The van der Waals surface area contributed by atoms with Gasteiger partial charge in [0.1, 0.15) is 13.2 Å². The molecule has 1 atom stereocenters. The normalized spacial score (nSPS) is 13.2. The fourth-order valence-electron chi connectivity index (χ4n) is 8.61. The zero-order valence-corrected chi connectivity index (χ0v) is 52.2. The van der Waals surface area contributed by atoms with E-state index in [0.29, 0.717) is 19.3 Å². The molecule has 0 rings (SSSR count). The van der Waals surface area contributed by atoms with Crippen molar-refractivity contribution in [3.05, 3.63) is 158 Å². The first kappa shape index (κ1) is 76.0. The maximum absolute atomic E-state index is 12.9. The Hall–Kier alpha value is -4.97. The number of unbranched alkanes of at least 4 members (excludes halogenated alkanes) is 21. The Balaban J connectivity index is 4.27. The highest BCUT2D eigenvalue weighted by Gasteiger charge is 2.19. The molecule has 456 valence electrons. The summed E-state index contributed by atoms with van der Waals surface area (Å²) in [5.41, 5.74) is 0. The summed E-state index contributed by atoms with van der Waals surface area (Å²) in [6.07, 6.45) is 98.3. The molecule has 0 bridgehead atoms. The number of hydrogen-bond donors (Lipinski definition) is 0. The molecule has 0 aromatic heterocycles. The molecule has 0 amide bonds. The Morgan fingerprint density at radius 3 is 0.765 bits per heavy atom. The first-order valence-corrected chi connectivity index (χ1v) is 33.0. The summed E-state index contributed by atoms with van der Waals surface area (Å²) in [4.78, 5) is 38.2. The Labute approximate surface area is 499 Å². The molecule has 0 heterocycles. The monoisotopic (exact) mass is 1120 g/mol. The quantitative estimate of drug-likeness (QED) is 0.0261. The van der Waals surface area contributed by atoms with Gasteiger partial charge >= 0.3 is 17.9 Å². The first-order valence-electron chi connectivity index (χ1n) is 33.0. The van der Waals surface area contributed by atoms with E-state index in [2.05, 4.69) is 179 Å². The van der Waals surface area contributed by atoms with Crippen LogP contribution in [0.15, 0.2) is 158 Å². The molecular weight excluding hydrogens is 997 g/mol. The van der Waals surface area contributed by atoms with Crippen molar-refractivity contribution in [2.24, 2.45) is 0 Å². The van der Waals surface area contributed by atoms with Gasteiger partial charge in [0.2, 0.25) is 0 Å². The number of carbonyl (C=O) groups excluding carboxylic acids is 3. The summed E-state index contributed by atoms with van der Waals surface area (Å²) in [7, 11) is 0. The number of carbonyl (C=O) groups is 3. The van der Waals surface area contributed by atoms with Crippen molar-refractivity contribution in [1.82, 2.24) is 0 Å². The standard InChI is InChI=1S/C75H120O6/c1-4-7-10-13-16-19-22-24-26-28-29-30-31-32-33-34-35-36-37-38-39-40-41-42-43-44-45-47-48-50-53-56-59-62-65-68-74(77)80-71-72(70-79-73(76)67-64-61-58-55-52-21-18-15-12-9-6-3)81-75(78)69-66-63-60-57-54-51-49-46-27-25-23-20-17-14-11-8-5-2/h7-8,10-11,15-20,24-27,29-30,32-33,35-36,38-39,41-42,44-45,72H,4-6,9,12-14,21-23,28,31,34,37,40,43,46-71H2,1-3H3/b10-7-,11-8-,18-15-,19-16-,20-17-,26-24-,27-25-,30-29-,33-32-,36-35-,39-38-,42-41-,45-44-. The van der Waals surface area contributed by atoms with Gasteiger partial charge < -0.3 is 14.2 Å². The van der Waals surface area contributed by atoms with Crippen LogP contribution in [0.5, 0.6) is 0 Å². The molecule has 0 aromatic rings. The summed E-state index contributed by atoms with van der Waals surface area (Å²) in [5, 5.41) is 0. The van der Waals surface area contributed by atoms with Gasteiger partial charge in [0.15, 0.2) is 6.10 Å². The Morgan fingerprint density at radius 1 is 0.259 bits per heavy atom. The predicted molar refractivity (Wildman–Crippen MR) is 352 cm³/mol. The lowest BCUT2D eigenvalue weighted by Gasteiger charge is -2.18. The molecule has 0 aliphatic rings. The topological polar surface area (TPSA) is 78.9 Å². The summed E-state index contributed by atoms with van der Waals surface area (Å²) >= 11 is 0. The van der Waals surface area contributed by atoms with E-state index in [1.54, 1.807) is 0 Å². The van der Waals surface area contributed by atoms with E-state index in [-0.39, 0.29) is 31.1 Å². The van der Waals surface area contributed by atoms with Crippen LogP contribution in [0.3, 0.4) is 0 Å². The van der Waals surface area contributed by atoms with E-state index in [4.69, 9.17) is 14.2 Å². The van der Waals surface area contributed by atoms with Crippen molar-refractivity contribution in [3.63, 3.8) is 0 Å². The Morgan fingerprint density at radius 2 is 0.481 bits per heavy atom. The highest BCUT2D eigenvalue weighted by Crippen LogP contribution is 2.15. The van der Waals surface area contributed by atoms with Crippen molar-refractivity contribution in [1.29, 1.82) is 0 Å². The van der Waals surface area contributed by atoms with Crippen LogP contribution >= 0.6 is 0 Å². The predicted octanol–water partition coefficient (Wildman–Crippen LogP) is 22.9. The minimum atomic E-state index is -0.798. The van der Waals surface area contributed by atoms with Crippen molar-refractivity contribution < 1.29 is 28.6 Å². The molecule has 81 heavy (non-hydrogen) atoms. The molecule has 0 saturated carbocycles. The van der Waals surface area contributed by atoms with E-state index in [1.165, 1.54) is 77.0 Å². The molecule has 6 heteroatoms.